The van der Waals surface area contributed by atoms with Crippen molar-refractivity contribution < 1.29 is 42.9 Å². The van der Waals surface area contributed by atoms with Gasteiger partial charge in [-0.1, -0.05) is 55.9 Å². The molecule has 46 heavy (non-hydrogen) atoms. The molecule has 3 rings (SSSR count). The van der Waals surface area contributed by atoms with Crippen molar-refractivity contribution in [1.82, 2.24) is 14.6 Å². The first-order valence-corrected chi connectivity index (χ1v) is 17.2. The molecule has 0 radical (unpaired) electrons. The average Bonchev–Trinajstić information content (AvgIpc) is 3.25. The summed E-state index contributed by atoms with van der Waals surface area (Å²) in [5.41, 5.74) is 8.59. The molecule has 15 nitrogen and oxygen atoms in total. The summed E-state index contributed by atoms with van der Waals surface area (Å²) in [7, 11) is -4.14. The zero-order valence-corrected chi connectivity index (χ0v) is 28.2. The molecule has 2 heterocycles. The number of nitrogens with two attached hydrogens (primary N) is 2. The van der Waals surface area contributed by atoms with Gasteiger partial charge in [0.05, 0.1) is 25.2 Å². The molecule has 1 aromatic carbocycles. The fourth-order valence-electron chi connectivity index (χ4n) is 4.28. The van der Waals surface area contributed by atoms with Crippen molar-refractivity contribution in [3.05, 3.63) is 58.6 Å². The van der Waals surface area contributed by atoms with Crippen LogP contribution in [0.2, 0.25) is 0 Å². The first-order valence-electron chi connectivity index (χ1n) is 14.7. The summed E-state index contributed by atoms with van der Waals surface area (Å²) in [6, 6.07) is 9.34. The maximum absolute atomic E-state index is 14.0. The van der Waals surface area contributed by atoms with Crippen LogP contribution in [0.15, 0.2) is 47.4 Å². The maximum atomic E-state index is 14.0. The van der Waals surface area contributed by atoms with Gasteiger partial charge in [-0.2, -0.15) is 4.98 Å². The minimum Gasteiger partial charge on any atom is -0.455 e. The maximum Gasteiger partial charge on any atom is 0.405 e. The Morgan fingerprint density at radius 1 is 1.24 bits per heavy atom. The second-order valence-corrected chi connectivity index (χ2v) is 14.9. The van der Waals surface area contributed by atoms with Gasteiger partial charge >= 0.3 is 19.4 Å². The number of nitrogen functional groups attached to an aromatic ring is 1. The number of aliphatic hydroxyl groups is 2. The molecule has 2 unspecified atom stereocenters. The van der Waals surface area contributed by atoms with E-state index in [2.05, 4.69) is 10.1 Å². The van der Waals surface area contributed by atoms with Gasteiger partial charge in [-0.3, -0.25) is 23.2 Å². The Bertz CT molecular complexity index is 1440. The number of hydrogen-bond donors (Lipinski definition) is 5. The van der Waals surface area contributed by atoms with Gasteiger partial charge in [0.1, 0.15) is 23.6 Å². The van der Waals surface area contributed by atoms with E-state index in [1.54, 1.807) is 52.0 Å². The summed E-state index contributed by atoms with van der Waals surface area (Å²) in [6.45, 7) is 7.02. The molecule has 17 heteroatoms. The van der Waals surface area contributed by atoms with Gasteiger partial charge in [-0.25, -0.2) is 14.4 Å². The number of hydrogen-bond acceptors (Lipinski definition) is 14. The van der Waals surface area contributed by atoms with Crippen LogP contribution in [0.4, 0.5) is 5.82 Å². The molecule has 0 saturated carbocycles. The molecule has 1 saturated heterocycles. The summed E-state index contributed by atoms with van der Waals surface area (Å²) < 4.78 is 38.0. The highest BCUT2D eigenvalue weighted by atomic mass is 32.2. The Morgan fingerprint density at radius 3 is 2.52 bits per heavy atom. The Balaban J connectivity index is 1.84. The Labute approximate surface area is 271 Å². The molecule has 0 aliphatic carbocycles. The lowest BCUT2D eigenvalue weighted by Crippen LogP contribution is -2.51. The predicted octanol–water partition coefficient (Wildman–Crippen LogP) is 1.58. The molecule has 0 amide bonds. The summed E-state index contributed by atoms with van der Waals surface area (Å²) in [6.07, 6.45) is -2.83. The van der Waals surface area contributed by atoms with Crippen LogP contribution in [0, 0.1) is 11.3 Å². The summed E-state index contributed by atoms with van der Waals surface area (Å²) in [5.74, 6) is -1.06. The highest BCUT2D eigenvalue weighted by Gasteiger charge is 2.57. The van der Waals surface area contributed by atoms with Crippen LogP contribution >= 0.6 is 19.5 Å². The van der Waals surface area contributed by atoms with Crippen molar-refractivity contribution in [2.24, 2.45) is 17.1 Å². The number of benzene rings is 1. The zero-order chi connectivity index (χ0) is 34.3. The second-order valence-electron chi connectivity index (χ2n) is 12.0. The van der Waals surface area contributed by atoms with Gasteiger partial charge in [0, 0.05) is 18.5 Å². The van der Waals surface area contributed by atoms with E-state index in [1.807, 2.05) is 6.07 Å². The number of nitrogens with one attached hydrogen (secondary N) is 1. The number of ether oxygens (including phenoxy) is 2. The van der Waals surface area contributed by atoms with Gasteiger partial charge in [0.25, 0.3) is 0 Å². The van der Waals surface area contributed by atoms with E-state index in [9.17, 15) is 29.2 Å². The third-order valence-corrected chi connectivity index (χ3v) is 10.1. The first-order chi connectivity index (χ1) is 21.5. The Morgan fingerprint density at radius 2 is 1.91 bits per heavy atom. The van der Waals surface area contributed by atoms with Gasteiger partial charge in [0.15, 0.2) is 17.4 Å². The smallest absolute Gasteiger partial charge is 0.405 e. The highest BCUT2D eigenvalue weighted by Crippen LogP contribution is 2.47. The molecule has 1 aliphatic rings. The summed E-state index contributed by atoms with van der Waals surface area (Å²) in [5, 5.41) is 23.6. The van der Waals surface area contributed by atoms with Crippen molar-refractivity contribution in [3.63, 3.8) is 0 Å². The number of esters is 1. The number of carbonyl (C=O) groups is 2. The van der Waals surface area contributed by atoms with Gasteiger partial charge < -0.3 is 31.2 Å². The molecule has 256 valence electrons. The monoisotopic (exact) mass is 685 g/mol. The van der Waals surface area contributed by atoms with Crippen molar-refractivity contribution in [1.29, 1.82) is 0 Å². The lowest BCUT2D eigenvalue weighted by Gasteiger charge is -2.31. The van der Waals surface area contributed by atoms with E-state index < -0.39 is 61.5 Å². The lowest BCUT2D eigenvalue weighted by molar-refractivity contribution is -0.166. The van der Waals surface area contributed by atoms with Crippen LogP contribution in [0.5, 0.6) is 0 Å². The van der Waals surface area contributed by atoms with E-state index in [0.29, 0.717) is 0 Å². The van der Waals surface area contributed by atoms with Crippen LogP contribution < -0.4 is 22.2 Å². The number of anilines is 1. The molecule has 1 aliphatic heterocycles. The van der Waals surface area contributed by atoms with Crippen molar-refractivity contribution in [3.8, 4) is 0 Å². The van der Waals surface area contributed by atoms with E-state index in [-0.39, 0.29) is 42.4 Å². The predicted molar refractivity (Wildman–Crippen MR) is 171 cm³/mol. The van der Waals surface area contributed by atoms with Crippen LogP contribution in [0.25, 0.3) is 0 Å². The molecule has 0 bridgehead atoms. The fourth-order valence-corrected chi connectivity index (χ4v) is 6.52. The molecular weight excluding hydrogens is 641 g/mol. The third kappa shape index (κ3) is 9.69. The standard InChI is InChI=1S/C29H44N5O10PS/c1-18(2)22(31)24(36)44-23-20(43-25(29(23,5)39)34-12-11-21(30)33-27(34)38)16-42-45(40,32-15-19-9-7-6-8-10-19)41-13-14-46-26(37)28(3,4)17-35/h6-12,18,20,22-23,25,35,39H,13-17,31H2,1-5H3,(H,32,40)(H2,30,33,38)/t20?,22-,23+,25+,29+,45?/m0/s1. The molecule has 6 atom stereocenters. The van der Waals surface area contributed by atoms with Crippen LogP contribution in [0.1, 0.15) is 46.4 Å². The first kappa shape index (κ1) is 37.8. The number of nitrogens with zero attached hydrogens (tertiary/aromatic N) is 2. The molecule has 1 fully saturated rings. The summed E-state index contributed by atoms with van der Waals surface area (Å²) >= 11 is 0.916. The SMILES string of the molecule is CC(C)[C@H](N)C(=O)O[C@@H]1C(COP(=O)(NCc2ccccc2)OCCSC(=O)C(C)(C)CO)O[C@@H](n2ccc(N)nc2=O)[C@]1(C)O. The number of rotatable bonds is 16. The van der Waals surface area contributed by atoms with Crippen molar-refractivity contribution in [2.75, 3.05) is 31.3 Å². The number of aromatic nitrogens is 2. The minimum absolute atomic E-state index is 0.0491. The van der Waals surface area contributed by atoms with E-state index >= 15 is 0 Å². The Hall–Kier alpha value is -2.66. The molecular formula is C29H44N5O10PS. The minimum atomic E-state index is -4.14. The van der Waals surface area contributed by atoms with Gasteiger partial charge in [0.2, 0.25) is 0 Å². The number of carbonyl (C=O) groups excluding carboxylic acids is 2. The number of thioether (sulfide) groups is 1. The topological polar surface area (TPSA) is 228 Å². The van der Waals surface area contributed by atoms with Crippen LogP contribution in [0.3, 0.4) is 0 Å². The van der Waals surface area contributed by atoms with Crippen LogP contribution in [-0.2, 0) is 39.2 Å². The highest BCUT2D eigenvalue weighted by molar-refractivity contribution is 8.13. The quantitative estimate of drug-likeness (QED) is 0.0960. The van der Waals surface area contributed by atoms with Crippen molar-refractivity contribution in [2.45, 2.75) is 71.2 Å². The van der Waals surface area contributed by atoms with Gasteiger partial charge in [-0.15, -0.1) is 0 Å². The fraction of sp³-hybridized carbons (Fsp3) is 0.586. The van der Waals surface area contributed by atoms with E-state index in [1.165, 1.54) is 19.2 Å². The molecule has 2 aromatic rings. The average molecular weight is 686 g/mol. The van der Waals surface area contributed by atoms with E-state index in [4.69, 9.17) is 30.0 Å². The van der Waals surface area contributed by atoms with Crippen molar-refractivity contribution >= 4 is 36.4 Å². The third-order valence-electron chi connectivity index (χ3n) is 7.31. The lowest BCUT2D eigenvalue weighted by atomic mass is 9.95. The molecule has 0 spiro atoms. The van der Waals surface area contributed by atoms with Gasteiger partial charge in [-0.05, 0) is 38.3 Å². The zero-order valence-electron chi connectivity index (χ0n) is 26.5. The number of aliphatic hydroxyl groups excluding tert-OH is 1. The molecule has 1 aromatic heterocycles. The second kappa shape index (κ2) is 16.0. The van der Waals surface area contributed by atoms with Crippen LogP contribution in [-0.4, -0.2) is 80.3 Å². The van der Waals surface area contributed by atoms with E-state index in [0.717, 1.165) is 21.9 Å². The largest absolute Gasteiger partial charge is 0.455 e. The summed E-state index contributed by atoms with van der Waals surface area (Å²) in [4.78, 5) is 41.7. The molecule has 7 N–H and O–H groups in total. The Kier molecular flexibility index (Phi) is 13.1. The normalized spacial score (nSPS) is 23.6.